The van der Waals surface area contributed by atoms with Gasteiger partial charge in [0.1, 0.15) is 0 Å². The minimum Gasteiger partial charge on any atom is -0.376 e. The van der Waals surface area contributed by atoms with Gasteiger partial charge in [0, 0.05) is 6.54 Å². The first-order chi connectivity index (χ1) is 6.03. The van der Waals surface area contributed by atoms with E-state index < -0.39 is 12.6 Å². The van der Waals surface area contributed by atoms with Crippen molar-refractivity contribution in [1.29, 1.82) is 0 Å². The van der Waals surface area contributed by atoms with Crippen molar-refractivity contribution in [3.05, 3.63) is 0 Å². The van der Waals surface area contributed by atoms with Crippen molar-refractivity contribution in [2.45, 2.75) is 12.6 Å². The standard InChI is InChI=1S/C6H10F3NO2S/c1-13-10-2-3-11-4-5(10)12-6(7,8)9/h5H,2-4H2,1H3. The molecule has 0 N–H and O–H groups in total. The summed E-state index contributed by atoms with van der Waals surface area (Å²) < 4.78 is 45.8. The van der Waals surface area contributed by atoms with Crippen molar-refractivity contribution < 1.29 is 22.6 Å². The zero-order chi connectivity index (χ0) is 9.90. The summed E-state index contributed by atoms with van der Waals surface area (Å²) in [6.45, 7) is 0.848. The Hall–Kier alpha value is 0.0200. The van der Waals surface area contributed by atoms with Gasteiger partial charge < -0.3 is 4.74 Å². The van der Waals surface area contributed by atoms with Gasteiger partial charge in [0.25, 0.3) is 0 Å². The average molecular weight is 217 g/mol. The van der Waals surface area contributed by atoms with Crippen LogP contribution in [0, 0.1) is 0 Å². The maximum atomic E-state index is 11.8. The molecule has 1 fully saturated rings. The molecule has 1 heterocycles. The minimum atomic E-state index is -4.60. The van der Waals surface area contributed by atoms with Gasteiger partial charge in [-0.2, -0.15) is 0 Å². The average Bonchev–Trinajstić information content (AvgIpc) is 2.02. The zero-order valence-electron chi connectivity index (χ0n) is 7.00. The molecule has 1 rings (SSSR count). The number of rotatable bonds is 2. The van der Waals surface area contributed by atoms with Crippen molar-refractivity contribution in [2.24, 2.45) is 0 Å². The summed E-state index contributed by atoms with van der Waals surface area (Å²) in [6.07, 6.45) is -3.92. The van der Waals surface area contributed by atoms with Crippen LogP contribution < -0.4 is 0 Å². The van der Waals surface area contributed by atoms with E-state index >= 15 is 0 Å². The third kappa shape index (κ3) is 3.72. The molecule has 0 amide bonds. The van der Waals surface area contributed by atoms with Gasteiger partial charge in [-0.05, 0) is 6.26 Å². The molecular formula is C6H10F3NO2S. The molecule has 0 saturated carbocycles. The van der Waals surface area contributed by atoms with Crippen LogP contribution >= 0.6 is 11.9 Å². The van der Waals surface area contributed by atoms with Gasteiger partial charge in [-0.1, -0.05) is 11.9 Å². The number of morpholine rings is 1. The molecule has 1 atom stereocenters. The molecule has 0 aromatic heterocycles. The lowest BCUT2D eigenvalue weighted by Gasteiger charge is -2.33. The maximum absolute atomic E-state index is 11.8. The summed E-state index contributed by atoms with van der Waals surface area (Å²) in [5, 5.41) is 0. The Bertz CT molecular complexity index is 166. The SMILES string of the molecule is CSN1CCOCC1OC(F)(F)F. The van der Waals surface area contributed by atoms with Crippen molar-refractivity contribution in [1.82, 2.24) is 4.31 Å². The molecule has 0 bridgehead atoms. The second-order valence-corrected chi connectivity index (χ2v) is 3.25. The van der Waals surface area contributed by atoms with E-state index in [1.54, 1.807) is 6.26 Å². The van der Waals surface area contributed by atoms with Crippen molar-refractivity contribution in [3.8, 4) is 0 Å². The monoisotopic (exact) mass is 217 g/mol. The van der Waals surface area contributed by atoms with Crippen LogP contribution in [0.1, 0.15) is 0 Å². The van der Waals surface area contributed by atoms with Gasteiger partial charge in [0.15, 0.2) is 6.23 Å². The Balaban J connectivity index is 2.45. The number of hydrogen-bond donors (Lipinski definition) is 0. The molecule has 78 valence electrons. The van der Waals surface area contributed by atoms with Crippen LogP contribution in [0.4, 0.5) is 13.2 Å². The molecule has 1 saturated heterocycles. The number of hydrogen-bond acceptors (Lipinski definition) is 4. The van der Waals surface area contributed by atoms with E-state index in [-0.39, 0.29) is 6.61 Å². The molecule has 0 aromatic rings. The van der Waals surface area contributed by atoms with E-state index in [2.05, 4.69) is 4.74 Å². The van der Waals surface area contributed by atoms with Gasteiger partial charge in [-0.15, -0.1) is 13.2 Å². The summed E-state index contributed by atoms with van der Waals surface area (Å²) in [5.41, 5.74) is 0. The Morgan fingerprint density at radius 1 is 1.54 bits per heavy atom. The van der Waals surface area contributed by atoms with Crippen LogP contribution in [0.5, 0.6) is 0 Å². The van der Waals surface area contributed by atoms with E-state index in [1.807, 2.05) is 0 Å². The quantitative estimate of drug-likeness (QED) is 0.653. The smallest absolute Gasteiger partial charge is 0.376 e. The molecule has 1 aliphatic heterocycles. The molecule has 3 nitrogen and oxygen atoms in total. The molecule has 13 heavy (non-hydrogen) atoms. The Morgan fingerprint density at radius 3 is 2.77 bits per heavy atom. The number of nitrogens with zero attached hydrogens (tertiary/aromatic N) is 1. The Kier molecular flexibility index (Phi) is 3.84. The maximum Gasteiger partial charge on any atom is 0.524 e. The predicted octanol–water partition coefficient (Wildman–Crippen LogP) is 1.46. The van der Waals surface area contributed by atoms with Crippen molar-refractivity contribution in [3.63, 3.8) is 0 Å². The molecular weight excluding hydrogens is 207 g/mol. The van der Waals surface area contributed by atoms with Gasteiger partial charge >= 0.3 is 6.36 Å². The summed E-state index contributed by atoms with van der Waals surface area (Å²) in [5.74, 6) is 0. The number of alkyl halides is 3. The summed E-state index contributed by atoms with van der Waals surface area (Å²) in [7, 11) is 0. The van der Waals surface area contributed by atoms with Crippen LogP contribution in [-0.4, -0.2) is 42.9 Å². The highest BCUT2D eigenvalue weighted by molar-refractivity contribution is 7.96. The van der Waals surface area contributed by atoms with Crippen LogP contribution in [0.25, 0.3) is 0 Å². The lowest BCUT2D eigenvalue weighted by atomic mass is 10.5. The number of halogens is 3. The largest absolute Gasteiger partial charge is 0.524 e. The fraction of sp³-hybridized carbons (Fsp3) is 1.00. The second-order valence-electron chi connectivity index (χ2n) is 2.42. The summed E-state index contributed by atoms with van der Waals surface area (Å²) in [4.78, 5) is 0. The van der Waals surface area contributed by atoms with E-state index in [4.69, 9.17) is 4.74 Å². The van der Waals surface area contributed by atoms with Gasteiger partial charge in [-0.3, -0.25) is 4.74 Å². The highest BCUT2D eigenvalue weighted by Crippen LogP contribution is 2.24. The van der Waals surface area contributed by atoms with Crippen LogP contribution in [0.3, 0.4) is 0 Å². The lowest BCUT2D eigenvalue weighted by Crippen LogP contribution is -2.45. The van der Waals surface area contributed by atoms with E-state index in [1.165, 1.54) is 16.3 Å². The van der Waals surface area contributed by atoms with Crippen molar-refractivity contribution >= 4 is 11.9 Å². The first-order valence-corrected chi connectivity index (χ1v) is 4.84. The lowest BCUT2D eigenvalue weighted by molar-refractivity contribution is -0.362. The van der Waals surface area contributed by atoms with Crippen LogP contribution in [0.15, 0.2) is 0 Å². The van der Waals surface area contributed by atoms with Gasteiger partial charge in [-0.25, -0.2) is 4.31 Å². The topological polar surface area (TPSA) is 21.7 Å². The third-order valence-electron chi connectivity index (χ3n) is 1.54. The molecule has 0 aliphatic carbocycles. The molecule has 1 aliphatic rings. The third-order valence-corrected chi connectivity index (χ3v) is 2.43. The number of ether oxygens (including phenoxy) is 2. The molecule has 7 heteroatoms. The second kappa shape index (κ2) is 4.50. The van der Waals surface area contributed by atoms with Crippen molar-refractivity contribution in [2.75, 3.05) is 26.0 Å². The Labute approximate surface area is 78.3 Å². The van der Waals surface area contributed by atoms with Crippen LogP contribution in [-0.2, 0) is 9.47 Å². The molecule has 0 spiro atoms. The predicted molar refractivity (Wildman–Crippen MR) is 42.0 cm³/mol. The van der Waals surface area contributed by atoms with Crippen LogP contribution in [0.2, 0.25) is 0 Å². The van der Waals surface area contributed by atoms with E-state index in [0.29, 0.717) is 13.2 Å². The normalized spacial score (nSPS) is 26.3. The first-order valence-electron chi connectivity index (χ1n) is 3.66. The fourth-order valence-corrected chi connectivity index (χ4v) is 1.62. The van der Waals surface area contributed by atoms with Gasteiger partial charge in [0.05, 0.1) is 13.2 Å². The fourth-order valence-electron chi connectivity index (χ4n) is 1.02. The highest BCUT2D eigenvalue weighted by atomic mass is 32.2. The van der Waals surface area contributed by atoms with E-state index in [0.717, 1.165) is 0 Å². The first kappa shape index (κ1) is 11.1. The molecule has 1 unspecified atom stereocenters. The summed E-state index contributed by atoms with van der Waals surface area (Å²) in [6, 6.07) is 0. The van der Waals surface area contributed by atoms with E-state index in [9.17, 15) is 13.2 Å². The van der Waals surface area contributed by atoms with Gasteiger partial charge in [0.2, 0.25) is 0 Å². The molecule has 0 radical (unpaired) electrons. The minimum absolute atomic E-state index is 0.0413. The highest BCUT2D eigenvalue weighted by Gasteiger charge is 2.37. The zero-order valence-corrected chi connectivity index (χ0v) is 7.82. The summed E-state index contributed by atoms with van der Waals surface area (Å²) >= 11 is 1.22. The Morgan fingerprint density at radius 2 is 2.23 bits per heavy atom. The molecule has 0 aromatic carbocycles.